The Morgan fingerprint density at radius 2 is 1.52 bits per heavy atom. The summed E-state index contributed by atoms with van der Waals surface area (Å²) < 4.78 is 12.6. The van der Waals surface area contributed by atoms with Crippen molar-refractivity contribution in [1.82, 2.24) is 0 Å². The molecule has 1 aromatic carbocycles. The highest BCUT2D eigenvalue weighted by atomic mass is 16.6. The second kappa shape index (κ2) is 12.2. The van der Waals surface area contributed by atoms with Crippen molar-refractivity contribution in [2.75, 3.05) is 0 Å². The van der Waals surface area contributed by atoms with Gasteiger partial charge in [0.05, 0.1) is 12.8 Å². The first-order chi connectivity index (χ1) is 23.0. The maximum atomic E-state index is 13.3. The number of carbonyl (C=O) groups excluding carboxylic acids is 2. The van der Waals surface area contributed by atoms with E-state index in [0.29, 0.717) is 47.3 Å². The molecule has 0 radical (unpaired) electrons. The minimum atomic E-state index is -0.217. The van der Waals surface area contributed by atoms with E-state index >= 15 is 0 Å². The molecule has 0 saturated heterocycles. The molecule has 0 N–H and O–H groups in total. The highest BCUT2D eigenvalue weighted by Crippen LogP contribution is 2.66. The van der Waals surface area contributed by atoms with Gasteiger partial charge in [-0.3, -0.25) is 9.59 Å². The lowest BCUT2D eigenvalue weighted by Gasteiger charge is -2.58. The molecule has 1 aromatic rings. The summed E-state index contributed by atoms with van der Waals surface area (Å²) >= 11 is 0. The van der Waals surface area contributed by atoms with Gasteiger partial charge >= 0.3 is 11.9 Å². The van der Waals surface area contributed by atoms with Gasteiger partial charge in [-0.1, -0.05) is 75.3 Å². The quantitative estimate of drug-likeness (QED) is 0.297. The molecule has 0 spiro atoms. The van der Waals surface area contributed by atoms with Crippen molar-refractivity contribution < 1.29 is 19.1 Å². The molecule has 4 nitrogen and oxygen atoms in total. The van der Waals surface area contributed by atoms with Gasteiger partial charge in [-0.25, -0.2) is 0 Å². The van der Waals surface area contributed by atoms with Crippen molar-refractivity contribution in [2.24, 2.45) is 58.2 Å². The number of esters is 2. The monoisotopic (exact) mass is 652 g/mol. The van der Waals surface area contributed by atoms with E-state index in [0.717, 1.165) is 50.9 Å². The number of rotatable bonds is 5. The number of hydrogen-bond donors (Lipinski definition) is 0. The Labute approximate surface area is 289 Å². The summed E-state index contributed by atoms with van der Waals surface area (Å²) in [6.07, 6.45) is 16.3. The molecule has 0 aromatic heterocycles. The Morgan fingerprint density at radius 3 is 2.27 bits per heavy atom. The van der Waals surface area contributed by atoms with Crippen molar-refractivity contribution in [3.63, 3.8) is 0 Å². The fourth-order valence-corrected chi connectivity index (χ4v) is 13.9. The van der Waals surface area contributed by atoms with Crippen LogP contribution in [-0.2, 0) is 25.5 Å². The second-order valence-electron chi connectivity index (χ2n) is 18.4. The van der Waals surface area contributed by atoms with Crippen molar-refractivity contribution >= 4 is 11.9 Å². The normalized spacial score (nSPS) is 44.2. The average molecular weight is 653 g/mol. The molecule has 48 heavy (non-hydrogen) atoms. The minimum Gasteiger partial charge on any atom is -0.462 e. The lowest BCUT2D eigenvalue weighted by Crippen LogP contribution is -2.53. The first kappa shape index (κ1) is 32.8. The van der Waals surface area contributed by atoms with Crippen LogP contribution in [0.5, 0.6) is 0 Å². The molecule has 5 fully saturated rings. The summed E-state index contributed by atoms with van der Waals surface area (Å²) in [6.45, 7) is 16.3. The minimum absolute atomic E-state index is 0.0231. The lowest BCUT2D eigenvalue weighted by molar-refractivity contribution is -0.167. The predicted molar refractivity (Wildman–Crippen MR) is 190 cm³/mol. The molecule has 8 rings (SSSR count). The number of fused-ring (bicyclic) bond motifs is 10. The predicted octanol–water partition coefficient (Wildman–Crippen LogP) is 10.1. The second-order valence-corrected chi connectivity index (χ2v) is 18.4. The molecule has 7 aliphatic carbocycles. The van der Waals surface area contributed by atoms with Gasteiger partial charge in [0, 0.05) is 10.8 Å². The Balaban J connectivity index is 0.863. The van der Waals surface area contributed by atoms with Crippen LogP contribution in [0.1, 0.15) is 134 Å². The van der Waals surface area contributed by atoms with Crippen LogP contribution in [0.4, 0.5) is 0 Å². The zero-order valence-electron chi connectivity index (χ0n) is 30.4. The number of benzene rings is 1. The molecule has 4 heteroatoms. The SMILES string of the molecule is C=C1C=C2C[C@@H](C)C3C(C2CC1)[C@@H](C)C[C@@]1(C)C3CC[C@@H]1OC(=O)CCC(=O)O[C@H]1CCC2C3CCc4cc(C)ccc4C3CC[C@@]21C. The van der Waals surface area contributed by atoms with Crippen molar-refractivity contribution in [1.29, 1.82) is 0 Å². The van der Waals surface area contributed by atoms with Gasteiger partial charge in [0.15, 0.2) is 0 Å². The summed E-state index contributed by atoms with van der Waals surface area (Å²) in [5, 5.41) is 0. The van der Waals surface area contributed by atoms with Crippen molar-refractivity contribution in [3.05, 3.63) is 58.7 Å². The Kier molecular flexibility index (Phi) is 8.31. The number of carbonyl (C=O) groups is 2. The van der Waals surface area contributed by atoms with Crippen LogP contribution in [0.25, 0.3) is 0 Å². The average Bonchev–Trinajstić information content (AvgIpc) is 3.54. The number of allylic oxidation sites excluding steroid dienone is 3. The molecule has 260 valence electrons. The van der Waals surface area contributed by atoms with Gasteiger partial charge in [-0.2, -0.15) is 0 Å². The third-order valence-corrected chi connectivity index (χ3v) is 15.8. The molecular weight excluding hydrogens is 592 g/mol. The molecule has 0 heterocycles. The maximum Gasteiger partial charge on any atom is 0.306 e. The number of hydrogen-bond acceptors (Lipinski definition) is 4. The standard InChI is InChI=1S/C44H60O4/c1-25-7-10-31-29(21-25)9-12-34-33(31)19-20-43(5)35(34)13-15-37(43)47-39(45)17-18-40(46)48-38-16-14-36-42-27(3)23-30-22-26(2)8-11-32(30)41(42)28(4)24-44(36,38)6/h7,10,21-22,27-28,32-38,41-42H,2,8-9,11-20,23-24H2,1,3-6H3/t27-,28+,32?,33?,34?,35?,36?,37+,38+,41?,42?,43+,44+/m1/s1. The van der Waals surface area contributed by atoms with E-state index in [2.05, 4.69) is 65.5 Å². The summed E-state index contributed by atoms with van der Waals surface area (Å²) in [7, 11) is 0. The van der Waals surface area contributed by atoms with E-state index < -0.39 is 0 Å². The zero-order chi connectivity index (χ0) is 33.5. The molecule has 7 unspecified atom stereocenters. The van der Waals surface area contributed by atoms with Crippen LogP contribution in [0.15, 0.2) is 42.0 Å². The van der Waals surface area contributed by atoms with Gasteiger partial charge in [0.1, 0.15) is 12.2 Å². The van der Waals surface area contributed by atoms with E-state index in [-0.39, 0.29) is 47.8 Å². The van der Waals surface area contributed by atoms with Gasteiger partial charge in [-0.05, 0) is 148 Å². The summed E-state index contributed by atoms with van der Waals surface area (Å²) in [5.74, 6) is 5.53. The smallest absolute Gasteiger partial charge is 0.306 e. The van der Waals surface area contributed by atoms with E-state index in [9.17, 15) is 9.59 Å². The first-order valence-corrected chi connectivity index (χ1v) is 19.8. The Hall–Kier alpha value is -2.36. The first-order valence-electron chi connectivity index (χ1n) is 19.8. The highest BCUT2D eigenvalue weighted by Gasteiger charge is 2.61. The van der Waals surface area contributed by atoms with E-state index in [1.54, 1.807) is 16.7 Å². The van der Waals surface area contributed by atoms with Gasteiger partial charge in [0.25, 0.3) is 0 Å². The van der Waals surface area contributed by atoms with E-state index in [4.69, 9.17) is 9.47 Å². The fourth-order valence-electron chi connectivity index (χ4n) is 13.9. The maximum absolute atomic E-state index is 13.3. The molecule has 7 aliphatic rings. The fraction of sp³-hybridized carbons (Fsp3) is 0.727. The van der Waals surface area contributed by atoms with Crippen molar-refractivity contribution in [2.45, 2.75) is 143 Å². The summed E-state index contributed by atoms with van der Waals surface area (Å²) in [4.78, 5) is 26.6. The molecule has 5 saturated carbocycles. The Bertz CT molecular complexity index is 1500. The largest absolute Gasteiger partial charge is 0.462 e. The van der Waals surface area contributed by atoms with E-state index in [1.807, 2.05) is 0 Å². The van der Waals surface area contributed by atoms with Crippen molar-refractivity contribution in [3.8, 4) is 0 Å². The molecular formula is C44H60O4. The van der Waals surface area contributed by atoms with Crippen LogP contribution in [0.2, 0.25) is 0 Å². The molecule has 0 bridgehead atoms. The van der Waals surface area contributed by atoms with Crippen LogP contribution < -0.4 is 0 Å². The number of aryl methyl sites for hydroxylation is 2. The van der Waals surface area contributed by atoms with Crippen LogP contribution in [-0.4, -0.2) is 24.1 Å². The third-order valence-electron chi connectivity index (χ3n) is 15.8. The topological polar surface area (TPSA) is 52.6 Å². The van der Waals surface area contributed by atoms with Crippen LogP contribution >= 0.6 is 0 Å². The van der Waals surface area contributed by atoms with Crippen LogP contribution in [0.3, 0.4) is 0 Å². The van der Waals surface area contributed by atoms with Crippen LogP contribution in [0, 0.1) is 65.1 Å². The zero-order valence-corrected chi connectivity index (χ0v) is 30.4. The van der Waals surface area contributed by atoms with E-state index in [1.165, 1.54) is 43.2 Å². The summed E-state index contributed by atoms with van der Waals surface area (Å²) in [5.41, 5.74) is 7.54. The summed E-state index contributed by atoms with van der Waals surface area (Å²) in [6, 6.07) is 7.08. The third kappa shape index (κ3) is 5.28. The molecule has 0 amide bonds. The molecule has 13 atom stereocenters. The number of ether oxygens (including phenoxy) is 2. The lowest BCUT2D eigenvalue weighted by atomic mass is 9.47. The molecule has 0 aliphatic heterocycles. The highest BCUT2D eigenvalue weighted by molar-refractivity contribution is 5.78. The Morgan fingerprint density at radius 1 is 0.812 bits per heavy atom. The van der Waals surface area contributed by atoms with Gasteiger partial charge in [-0.15, -0.1) is 0 Å². The van der Waals surface area contributed by atoms with Gasteiger partial charge in [0.2, 0.25) is 0 Å². The van der Waals surface area contributed by atoms with Gasteiger partial charge < -0.3 is 9.47 Å².